The number of alkyl halides is 3. The SMILES string of the molecule is CCCCCCCCCC(c1ccccc1)C1c2cc(OCCc3cn4c(n3)NCCC4)ccc2C[C@@H](CC(=O)O)C(=O)N1CC(F)(F)F. The Bertz CT molecular complexity index is 1500. The number of anilines is 1. The number of hydrogen-bond donors (Lipinski definition) is 2. The summed E-state index contributed by atoms with van der Waals surface area (Å²) in [5.74, 6) is -2.22. The molecule has 0 spiro atoms. The number of rotatable bonds is 17. The summed E-state index contributed by atoms with van der Waals surface area (Å²) in [4.78, 5) is 31.5. The maximum absolute atomic E-state index is 14.4. The van der Waals surface area contributed by atoms with Gasteiger partial charge in [0.25, 0.3) is 0 Å². The molecule has 266 valence electrons. The Morgan fingerprint density at radius 3 is 2.55 bits per heavy atom. The second kappa shape index (κ2) is 17.1. The zero-order chi connectivity index (χ0) is 34.8. The van der Waals surface area contributed by atoms with Crippen molar-refractivity contribution < 1.29 is 32.6 Å². The monoisotopic (exact) mass is 682 g/mol. The van der Waals surface area contributed by atoms with Crippen LogP contribution in [-0.4, -0.2) is 57.3 Å². The number of carboxylic acids is 1. The minimum Gasteiger partial charge on any atom is -0.493 e. The Balaban J connectivity index is 1.48. The molecule has 0 fully saturated rings. The number of carbonyl (C=O) groups is 2. The van der Waals surface area contributed by atoms with Crippen LogP contribution in [0, 0.1) is 5.92 Å². The Kier molecular flexibility index (Phi) is 12.6. The molecule has 49 heavy (non-hydrogen) atoms. The van der Waals surface area contributed by atoms with E-state index in [-0.39, 0.29) is 6.42 Å². The fourth-order valence-electron chi connectivity index (χ4n) is 7.34. The van der Waals surface area contributed by atoms with Crippen molar-refractivity contribution in [2.45, 2.75) is 109 Å². The molecule has 2 aliphatic rings. The van der Waals surface area contributed by atoms with Crippen LogP contribution >= 0.6 is 0 Å². The molecule has 2 N–H and O–H groups in total. The molecule has 2 unspecified atom stereocenters. The minimum atomic E-state index is -4.68. The van der Waals surface area contributed by atoms with E-state index in [0.717, 1.165) is 80.1 Å². The highest BCUT2D eigenvalue weighted by Gasteiger charge is 2.45. The number of carbonyl (C=O) groups excluding carboxylic acids is 1. The van der Waals surface area contributed by atoms with Gasteiger partial charge in [-0.25, -0.2) is 4.98 Å². The highest BCUT2D eigenvalue weighted by molar-refractivity contribution is 5.85. The molecule has 0 aliphatic carbocycles. The maximum atomic E-state index is 14.4. The number of halogens is 3. The van der Waals surface area contributed by atoms with E-state index in [2.05, 4.69) is 21.8 Å². The summed E-state index contributed by atoms with van der Waals surface area (Å²) < 4.78 is 51.3. The molecule has 0 saturated heterocycles. The predicted molar refractivity (Wildman–Crippen MR) is 183 cm³/mol. The number of imidazole rings is 1. The molecule has 0 bridgehead atoms. The van der Waals surface area contributed by atoms with Crippen molar-refractivity contribution in [1.29, 1.82) is 0 Å². The van der Waals surface area contributed by atoms with Gasteiger partial charge in [-0.1, -0.05) is 88.3 Å². The van der Waals surface area contributed by atoms with Crippen LogP contribution in [0.2, 0.25) is 0 Å². The summed E-state index contributed by atoms with van der Waals surface area (Å²) in [6.07, 6.45) is 6.37. The van der Waals surface area contributed by atoms with Crippen molar-refractivity contribution in [2.24, 2.45) is 5.92 Å². The molecule has 5 rings (SSSR count). The van der Waals surface area contributed by atoms with Gasteiger partial charge in [0, 0.05) is 31.6 Å². The normalized spacial score (nSPS) is 18.3. The van der Waals surface area contributed by atoms with Crippen LogP contribution in [0.25, 0.3) is 0 Å². The van der Waals surface area contributed by atoms with E-state index in [9.17, 15) is 27.9 Å². The van der Waals surface area contributed by atoms with Crippen molar-refractivity contribution in [1.82, 2.24) is 14.5 Å². The third-order valence-electron chi connectivity index (χ3n) is 9.68. The van der Waals surface area contributed by atoms with Crippen molar-refractivity contribution in [3.05, 3.63) is 77.1 Å². The number of ether oxygens (including phenoxy) is 1. The van der Waals surface area contributed by atoms with E-state index >= 15 is 0 Å². The van der Waals surface area contributed by atoms with Crippen LogP contribution in [0.3, 0.4) is 0 Å². The number of nitrogens with one attached hydrogen (secondary N) is 1. The number of nitrogens with zero attached hydrogens (tertiary/aromatic N) is 3. The summed E-state index contributed by atoms with van der Waals surface area (Å²) in [5, 5.41) is 13.0. The fourth-order valence-corrected chi connectivity index (χ4v) is 7.34. The van der Waals surface area contributed by atoms with E-state index in [4.69, 9.17) is 4.74 Å². The largest absolute Gasteiger partial charge is 0.493 e. The van der Waals surface area contributed by atoms with E-state index < -0.39 is 48.9 Å². The first kappa shape index (κ1) is 36.3. The number of benzene rings is 2. The average molecular weight is 683 g/mol. The summed E-state index contributed by atoms with van der Waals surface area (Å²) in [7, 11) is 0. The summed E-state index contributed by atoms with van der Waals surface area (Å²) in [6.45, 7) is 2.81. The lowest BCUT2D eigenvalue weighted by molar-refractivity contribution is -0.170. The van der Waals surface area contributed by atoms with Crippen molar-refractivity contribution in [3.63, 3.8) is 0 Å². The molecule has 11 heteroatoms. The number of fused-ring (bicyclic) bond motifs is 2. The lowest BCUT2D eigenvalue weighted by Gasteiger charge is -2.38. The highest BCUT2D eigenvalue weighted by Crippen LogP contribution is 2.46. The number of unbranched alkanes of at least 4 members (excludes halogenated alkanes) is 6. The van der Waals surface area contributed by atoms with E-state index in [1.165, 1.54) is 6.42 Å². The average Bonchev–Trinajstić information content (AvgIpc) is 3.45. The predicted octanol–water partition coefficient (Wildman–Crippen LogP) is 8.32. The number of amides is 1. The molecule has 0 saturated carbocycles. The molecule has 3 heterocycles. The molecular formula is C38H49F3N4O4. The van der Waals surface area contributed by atoms with E-state index in [1.54, 1.807) is 18.2 Å². The van der Waals surface area contributed by atoms with Gasteiger partial charge in [-0.15, -0.1) is 0 Å². The molecular weight excluding hydrogens is 633 g/mol. The molecule has 1 amide bonds. The zero-order valence-corrected chi connectivity index (χ0v) is 28.4. The van der Waals surface area contributed by atoms with Crippen LogP contribution in [-0.2, 0) is 29.0 Å². The third kappa shape index (κ3) is 10.0. The molecule has 1 aromatic heterocycles. The number of hydrogen-bond acceptors (Lipinski definition) is 5. The number of aryl methyl sites for hydroxylation is 1. The lowest BCUT2D eigenvalue weighted by Crippen LogP contribution is -2.45. The lowest BCUT2D eigenvalue weighted by atomic mass is 9.80. The van der Waals surface area contributed by atoms with Gasteiger partial charge in [-0.2, -0.15) is 13.2 Å². The first-order valence-electron chi connectivity index (χ1n) is 17.8. The van der Waals surface area contributed by atoms with E-state index in [0.29, 0.717) is 36.3 Å². The van der Waals surface area contributed by atoms with Gasteiger partial charge < -0.3 is 24.6 Å². The van der Waals surface area contributed by atoms with Gasteiger partial charge in [-0.05, 0) is 48.1 Å². The zero-order valence-electron chi connectivity index (χ0n) is 28.4. The van der Waals surface area contributed by atoms with Gasteiger partial charge in [0.1, 0.15) is 12.3 Å². The number of aromatic nitrogens is 2. The number of carboxylic acid groups (broad SMARTS) is 1. The Morgan fingerprint density at radius 1 is 1.08 bits per heavy atom. The van der Waals surface area contributed by atoms with Crippen molar-refractivity contribution >= 4 is 17.8 Å². The molecule has 2 aliphatic heterocycles. The molecule has 3 aromatic rings. The molecule has 8 nitrogen and oxygen atoms in total. The first-order valence-corrected chi connectivity index (χ1v) is 17.8. The van der Waals surface area contributed by atoms with Crippen LogP contribution < -0.4 is 10.1 Å². The maximum Gasteiger partial charge on any atom is 0.406 e. The minimum absolute atomic E-state index is 0.0394. The highest BCUT2D eigenvalue weighted by atomic mass is 19.4. The van der Waals surface area contributed by atoms with Crippen LogP contribution in [0.1, 0.15) is 105 Å². The van der Waals surface area contributed by atoms with Crippen LogP contribution in [0.5, 0.6) is 5.75 Å². The Hall–Kier alpha value is -4.02. The molecule has 0 radical (unpaired) electrons. The first-order chi connectivity index (χ1) is 23.6. The fraction of sp³-hybridized carbons (Fsp3) is 0.553. The van der Waals surface area contributed by atoms with Gasteiger partial charge >= 0.3 is 12.1 Å². The quantitative estimate of drug-likeness (QED) is 0.139. The van der Waals surface area contributed by atoms with Crippen LogP contribution in [0.4, 0.5) is 19.1 Å². The Morgan fingerprint density at radius 2 is 1.84 bits per heavy atom. The second-order valence-electron chi connectivity index (χ2n) is 13.4. The van der Waals surface area contributed by atoms with Crippen molar-refractivity contribution in [3.8, 4) is 5.75 Å². The summed E-state index contributed by atoms with van der Waals surface area (Å²) in [6, 6.07) is 13.8. The third-order valence-corrected chi connectivity index (χ3v) is 9.68. The van der Waals surface area contributed by atoms with Crippen LogP contribution in [0.15, 0.2) is 54.7 Å². The second-order valence-corrected chi connectivity index (χ2v) is 13.4. The smallest absolute Gasteiger partial charge is 0.406 e. The summed E-state index contributed by atoms with van der Waals surface area (Å²) in [5.41, 5.74) is 3.00. The van der Waals surface area contributed by atoms with Gasteiger partial charge in [0.15, 0.2) is 0 Å². The topological polar surface area (TPSA) is 96.7 Å². The van der Waals surface area contributed by atoms with Crippen molar-refractivity contribution in [2.75, 3.05) is 25.0 Å². The van der Waals surface area contributed by atoms with Gasteiger partial charge in [0.05, 0.1) is 30.7 Å². The van der Waals surface area contributed by atoms with Gasteiger partial charge in [-0.3, -0.25) is 9.59 Å². The number of aliphatic carboxylic acids is 1. The standard InChI is InChI=1S/C38H49F3N4O4/c1-2-3-4-5-6-7-11-15-32(27-13-9-8-10-14-27)35-33-24-31(49-21-18-30-25-44-20-12-19-42-37(44)43-30)17-16-28(33)22-29(23-34(46)47)36(48)45(35)26-38(39,40)41/h8-10,13-14,16-17,24-25,29,32,35H,2-7,11-12,15,18-23,26H2,1H3,(H,42,43)(H,46,47)/t29-,32?,35?/m0/s1. The Labute approximate surface area is 287 Å². The molecule has 2 aromatic carbocycles. The molecule has 3 atom stereocenters. The van der Waals surface area contributed by atoms with E-state index in [1.807, 2.05) is 36.5 Å². The summed E-state index contributed by atoms with van der Waals surface area (Å²) >= 11 is 0. The van der Waals surface area contributed by atoms with Gasteiger partial charge in [0.2, 0.25) is 11.9 Å².